The number of hydrogen-bond donors (Lipinski definition) is 3. The number of benzene rings is 1. The van der Waals surface area contributed by atoms with Gasteiger partial charge in [-0.25, -0.2) is 4.68 Å². The van der Waals surface area contributed by atoms with Gasteiger partial charge in [0.2, 0.25) is 0 Å². The molecule has 0 radical (unpaired) electrons. The van der Waals surface area contributed by atoms with Gasteiger partial charge in [0.05, 0.1) is 11.7 Å². The predicted octanol–water partition coefficient (Wildman–Crippen LogP) is 1.02. The molecule has 4 N–H and O–H groups in total. The monoisotopic (exact) mass is 268 g/mol. The van der Waals surface area contributed by atoms with Crippen LogP contribution >= 0.6 is 0 Å². The number of hydrogen-bond acceptors (Lipinski definition) is 5. The van der Waals surface area contributed by atoms with Crippen molar-refractivity contribution in [1.29, 1.82) is 5.26 Å². The summed E-state index contributed by atoms with van der Waals surface area (Å²) in [6.45, 7) is 3.75. The second-order valence-corrected chi connectivity index (χ2v) is 4.92. The lowest BCUT2D eigenvalue weighted by Crippen LogP contribution is -2.51. The maximum absolute atomic E-state index is 9.29. The molecular formula is C14H16N6. The number of anilines is 2. The average Bonchev–Trinajstić information content (AvgIpc) is 2.71. The molecule has 6 heteroatoms. The Morgan fingerprint density at radius 1 is 1.45 bits per heavy atom. The molecule has 1 aliphatic heterocycles. The van der Waals surface area contributed by atoms with Crippen LogP contribution in [0.2, 0.25) is 0 Å². The summed E-state index contributed by atoms with van der Waals surface area (Å²) >= 11 is 0. The second kappa shape index (κ2) is 4.87. The van der Waals surface area contributed by atoms with E-state index in [0.717, 1.165) is 24.3 Å². The smallest absolute Gasteiger partial charge is 0.169 e. The van der Waals surface area contributed by atoms with Crippen LogP contribution in [0, 0.1) is 18.3 Å². The van der Waals surface area contributed by atoms with Crippen molar-refractivity contribution >= 4 is 11.6 Å². The van der Waals surface area contributed by atoms with Crippen molar-refractivity contribution in [1.82, 2.24) is 15.1 Å². The van der Waals surface area contributed by atoms with Crippen molar-refractivity contribution in [2.45, 2.75) is 13.0 Å². The normalized spacial score (nSPS) is 14.6. The highest BCUT2D eigenvalue weighted by atomic mass is 15.4. The Hall–Kier alpha value is -2.52. The molecule has 0 spiro atoms. The molecule has 0 unspecified atom stereocenters. The summed E-state index contributed by atoms with van der Waals surface area (Å²) in [7, 11) is 0. The SMILES string of the molecule is Cc1ccccc1-n1nc(NC2CNC2)c(C#N)c1N. The molecule has 2 heterocycles. The van der Waals surface area contributed by atoms with E-state index in [2.05, 4.69) is 21.8 Å². The van der Waals surface area contributed by atoms with E-state index < -0.39 is 0 Å². The molecule has 0 bridgehead atoms. The number of nitriles is 1. The van der Waals surface area contributed by atoms with Gasteiger partial charge in [0, 0.05) is 13.1 Å². The molecule has 1 aromatic heterocycles. The van der Waals surface area contributed by atoms with Crippen LogP contribution in [-0.4, -0.2) is 28.9 Å². The average molecular weight is 268 g/mol. The Morgan fingerprint density at radius 3 is 2.80 bits per heavy atom. The Labute approximate surface area is 117 Å². The molecule has 3 rings (SSSR count). The van der Waals surface area contributed by atoms with Crippen molar-refractivity contribution in [2.24, 2.45) is 0 Å². The Balaban J connectivity index is 2.04. The number of aromatic nitrogens is 2. The predicted molar refractivity (Wildman–Crippen MR) is 77.7 cm³/mol. The standard InChI is InChI=1S/C14H16N6/c1-9-4-2-3-5-12(9)20-13(16)11(6-15)14(19-20)18-10-7-17-8-10/h2-5,10,17H,7-8,16H2,1H3,(H,18,19). The molecule has 2 aromatic rings. The molecule has 1 aliphatic rings. The minimum Gasteiger partial charge on any atom is -0.382 e. The lowest BCUT2D eigenvalue weighted by atomic mass is 10.2. The van der Waals surface area contributed by atoms with E-state index in [1.54, 1.807) is 4.68 Å². The zero-order chi connectivity index (χ0) is 14.1. The van der Waals surface area contributed by atoms with E-state index in [0.29, 0.717) is 23.2 Å². The molecule has 0 aliphatic carbocycles. The van der Waals surface area contributed by atoms with E-state index >= 15 is 0 Å². The fourth-order valence-electron chi connectivity index (χ4n) is 2.21. The van der Waals surface area contributed by atoms with Gasteiger partial charge in [-0.2, -0.15) is 5.26 Å². The van der Waals surface area contributed by atoms with Gasteiger partial charge in [-0.3, -0.25) is 0 Å². The minimum absolute atomic E-state index is 0.307. The first kappa shape index (κ1) is 12.5. The summed E-state index contributed by atoms with van der Waals surface area (Å²) in [5.41, 5.74) is 8.42. The van der Waals surface area contributed by atoms with Gasteiger partial charge < -0.3 is 16.4 Å². The van der Waals surface area contributed by atoms with Crippen molar-refractivity contribution in [3.05, 3.63) is 35.4 Å². The zero-order valence-electron chi connectivity index (χ0n) is 11.2. The van der Waals surface area contributed by atoms with Crippen LogP contribution in [-0.2, 0) is 0 Å². The Bertz CT molecular complexity index is 677. The van der Waals surface area contributed by atoms with E-state index in [1.807, 2.05) is 31.2 Å². The highest BCUT2D eigenvalue weighted by Gasteiger charge is 2.22. The number of aryl methyl sites for hydroxylation is 1. The molecule has 0 saturated carbocycles. The molecule has 0 atom stereocenters. The van der Waals surface area contributed by atoms with Gasteiger partial charge in [0.25, 0.3) is 0 Å². The topological polar surface area (TPSA) is 91.7 Å². The number of nitrogens with one attached hydrogen (secondary N) is 2. The fourth-order valence-corrected chi connectivity index (χ4v) is 2.21. The molecular weight excluding hydrogens is 252 g/mol. The molecule has 1 fully saturated rings. The quantitative estimate of drug-likeness (QED) is 0.773. The van der Waals surface area contributed by atoms with Gasteiger partial charge in [-0.1, -0.05) is 18.2 Å². The van der Waals surface area contributed by atoms with E-state index in [9.17, 15) is 5.26 Å². The number of nitrogen functional groups attached to an aromatic ring is 1. The number of nitrogens with two attached hydrogens (primary N) is 1. The highest BCUT2D eigenvalue weighted by molar-refractivity contribution is 5.67. The third-order valence-corrected chi connectivity index (χ3v) is 3.50. The third-order valence-electron chi connectivity index (χ3n) is 3.50. The van der Waals surface area contributed by atoms with Crippen LogP contribution in [0.5, 0.6) is 0 Å². The lowest BCUT2D eigenvalue weighted by molar-refractivity contribution is 0.470. The van der Waals surface area contributed by atoms with Gasteiger partial charge in [0.1, 0.15) is 17.5 Å². The summed E-state index contributed by atoms with van der Waals surface area (Å²) < 4.78 is 1.63. The van der Waals surface area contributed by atoms with Gasteiger partial charge in [0.15, 0.2) is 5.82 Å². The summed E-state index contributed by atoms with van der Waals surface area (Å²) in [6.07, 6.45) is 0. The zero-order valence-corrected chi connectivity index (χ0v) is 11.2. The molecule has 1 saturated heterocycles. The van der Waals surface area contributed by atoms with Crippen molar-refractivity contribution in [2.75, 3.05) is 24.1 Å². The summed E-state index contributed by atoms with van der Waals surface area (Å²) in [5, 5.41) is 20.2. The van der Waals surface area contributed by atoms with Crippen LogP contribution in [0.1, 0.15) is 11.1 Å². The first-order chi connectivity index (χ1) is 9.70. The molecule has 20 heavy (non-hydrogen) atoms. The third kappa shape index (κ3) is 1.98. The number of para-hydroxylation sites is 1. The van der Waals surface area contributed by atoms with Crippen molar-refractivity contribution in [3.8, 4) is 11.8 Å². The molecule has 1 aromatic carbocycles. The molecule has 6 nitrogen and oxygen atoms in total. The van der Waals surface area contributed by atoms with E-state index in [4.69, 9.17) is 5.73 Å². The summed E-state index contributed by atoms with van der Waals surface area (Å²) in [4.78, 5) is 0. The second-order valence-electron chi connectivity index (χ2n) is 4.92. The molecule has 102 valence electrons. The Morgan fingerprint density at radius 2 is 2.20 bits per heavy atom. The van der Waals surface area contributed by atoms with Crippen molar-refractivity contribution < 1.29 is 0 Å². The summed E-state index contributed by atoms with van der Waals surface area (Å²) in [6, 6.07) is 10.3. The van der Waals surface area contributed by atoms with Crippen LogP contribution in [0.25, 0.3) is 5.69 Å². The largest absolute Gasteiger partial charge is 0.382 e. The van der Waals surface area contributed by atoms with E-state index in [1.165, 1.54) is 0 Å². The highest BCUT2D eigenvalue weighted by Crippen LogP contribution is 2.26. The van der Waals surface area contributed by atoms with E-state index in [-0.39, 0.29) is 0 Å². The molecule has 0 amide bonds. The fraction of sp³-hybridized carbons (Fsp3) is 0.286. The van der Waals surface area contributed by atoms with Crippen molar-refractivity contribution in [3.63, 3.8) is 0 Å². The maximum Gasteiger partial charge on any atom is 0.169 e. The van der Waals surface area contributed by atoms with Crippen LogP contribution in [0.3, 0.4) is 0 Å². The minimum atomic E-state index is 0.307. The van der Waals surface area contributed by atoms with Gasteiger partial charge in [-0.15, -0.1) is 5.10 Å². The van der Waals surface area contributed by atoms with Crippen LogP contribution in [0.4, 0.5) is 11.6 Å². The Kier molecular flexibility index (Phi) is 3.05. The number of rotatable bonds is 3. The lowest BCUT2D eigenvalue weighted by Gasteiger charge is -2.27. The first-order valence-electron chi connectivity index (χ1n) is 6.52. The number of nitrogens with zero attached hydrogens (tertiary/aromatic N) is 3. The maximum atomic E-state index is 9.29. The summed E-state index contributed by atoms with van der Waals surface area (Å²) in [5.74, 6) is 0.927. The first-order valence-corrected chi connectivity index (χ1v) is 6.52. The van der Waals surface area contributed by atoms with Crippen LogP contribution in [0.15, 0.2) is 24.3 Å². The van der Waals surface area contributed by atoms with Gasteiger partial charge in [-0.05, 0) is 18.6 Å². The van der Waals surface area contributed by atoms with Gasteiger partial charge >= 0.3 is 0 Å². The van der Waals surface area contributed by atoms with Crippen LogP contribution < -0.4 is 16.4 Å².